The summed E-state index contributed by atoms with van der Waals surface area (Å²) in [6.07, 6.45) is 0. The number of hydrogen-bond acceptors (Lipinski definition) is 4. The highest BCUT2D eigenvalue weighted by atomic mass is 32.1. The van der Waals surface area contributed by atoms with Gasteiger partial charge in [0.1, 0.15) is 0 Å². The molecular weight excluding hydrogens is 366 g/mol. The lowest BCUT2D eigenvalue weighted by molar-refractivity contribution is -0.117. The first-order valence-electron chi connectivity index (χ1n) is 9.23. The number of nitrogens with one attached hydrogen (secondary N) is 2. The number of para-hydroxylation sites is 1. The van der Waals surface area contributed by atoms with Crippen molar-refractivity contribution in [3.8, 4) is 0 Å². The minimum Gasteiger partial charge on any atom is -0.301 e. The van der Waals surface area contributed by atoms with Crippen LogP contribution in [0.2, 0.25) is 0 Å². The lowest BCUT2D eigenvalue weighted by Gasteiger charge is -2.23. The van der Waals surface area contributed by atoms with Gasteiger partial charge in [0.25, 0.3) is 0 Å². The predicted molar refractivity (Wildman–Crippen MR) is 116 cm³/mol. The Balaban J connectivity index is 1.52. The molecule has 0 saturated heterocycles. The van der Waals surface area contributed by atoms with Crippen LogP contribution in [0, 0.1) is 0 Å². The van der Waals surface area contributed by atoms with Gasteiger partial charge < -0.3 is 5.32 Å². The second kappa shape index (κ2) is 8.33. The van der Waals surface area contributed by atoms with Crippen LogP contribution >= 0.6 is 11.3 Å². The van der Waals surface area contributed by atoms with Crippen molar-refractivity contribution in [3.63, 3.8) is 0 Å². The molecule has 0 radical (unpaired) electrons. The van der Waals surface area contributed by atoms with Gasteiger partial charge in [-0.2, -0.15) is 0 Å². The Hall–Kier alpha value is -3.02. The maximum atomic E-state index is 12.8. The van der Waals surface area contributed by atoms with Gasteiger partial charge in [0.15, 0.2) is 5.13 Å². The highest BCUT2D eigenvalue weighted by molar-refractivity contribution is 7.22. The number of hydrogen-bond donors (Lipinski definition) is 2. The van der Waals surface area contributed by atoms with E-state index in [1.54, 1.807) is 0 Å². The molecule has 0 aliphatic rings. The third-order valence-corrected chi connectivity index (χ3v) is 5.55. The van der Waals surface area contributed by atoms with Crippen LogP contribution in [-0.4, -0.2) is 16.9 Å². The Labute approximate surface area is 168 Å². The highest BCUT2D eigenvalue weighted by Gasteiger charge is 2.21. The summed E-state index contributed by atoms with van der Waals surface area (Å²) in [5, 5.41) is 7.03. The Kier molecular flexibility index (Phi) is 5.46. The van der Waals surface area contributed by atoms with Crippen molar-refractivity contribution in [1.29, 1.82) is 0 Å². The summed E-state index contributed by atoms with van der Waals surface area (Å²) in [5.41, 5.74) is 3.14. The van der Waals surface area contributed by atoms with Crippen molar-refractivity contribution in [1.82, 2.24) is 10.3 Å². The molecule has 1 amide bonds. The average molecular weight is 388 g/mol. The van der Waals surface area contributed by atoms with Crippen molar-refractivity contribution in [3.05, 3.63) is 96.1 Å². The van der Waals surface area contributed by atoms with Gasteiger partial charge in [0.05, 0.1) is 22.3 Å². The third-order valence-electron chi connectivity index (χ3n) is 4.60. The first-order chi connectivity index (χ1) is 13.7. The molecule has 1 atom stereocenters. The first-order valence-corrected chi connectivity index (χ1v) is 10.0. The Morgan fingerprint density at radius 1 is 0.857 bits per heavy atom. The molecule has 0 aliphatic carbocycles. The average Bonchev–Trinajstić information content (AvgIpc) is 3.15. The predicted octanol–water partition coefficient (Wildman–Crippen LogP) is 5.00. The highest BCUT2D eigenvalue weighted by Crippen LogP contribution is 2.26. The number of aromatic nitrogens is 1. The van der Waals surface area contributed by atoms with E-state index in [1.165, 1.54) is 11.3 Å². The molecule has 4 aromatic rings. The Bertz CT molecular complexity index is 990. The molecule has 140 valence electrons. The van der Waals surface area contributed by atoms with Crippen LogP contribution in [0.1, 0.15) is 24.1 Å². The molecule has 1 aromatic heterocycles. The molecule has 1 unspecified atom stereocenters. The molecule has 0 aliphatic heterocycles. The second-order valence-electron chi connectivity index (χ2n) is 6.62. The van der Waals surface area contributed by atoms with Crippen LogP contribution < -0.4 is 10.6 Å². The maximum absolute atomic E-state index is 12.8. The number of rotatable bonds is 6. The van der Waals surface area contributed by atoms with E-state index in [0.29, 0.717) is 5.13 Å². The van der Waals surface area contributed by atoms with Crippen LogP contribution in [0.15, 0.2) is 84.9 Å². The van der Waals surface area contributed by atoms with E-state index in [0.717, 1.165) is 21.3 Å². The number of amides is 1. The minimum absolute atomic E-state index is 0.0708. The van der Waals surface area contributed by atoms with Crippen molar-refractivity contribution in [2.24, 2.45) is 0 Å². The van der Waals surface area contributed by atoms with E-state index in [1.807, 2.05) is 67.6 Å². The van der Waals surface area contributed by atoms with Crippen molar-refractivity contribution < 1.29 is 4.79 Å². The molecule has 3 aromatic carbocycles. The SMILES string of the molecule is CC(NC(c1ccccc1)c1ccccc1)C(=O)Nc1nc2ccccc2s1. The largest absolute Gasteiger partial charge is 0.301 e. The maximum Gasteiger partial charge on any atom is 0.243 e. The summed E-state index contributed by atoms with van der Waals surface area (Å²) in [7, 11) is 0. The zero-order valence-electron chi connectivity index (χ0n) is 15.5. The number of carbonyl (C=O) groups is 1. The van der Waals surface area contributed by atoms with E-state index >= 15 is 0 Å². The van der Waals surface area contributed by atoms with E-state index in [4.69, 9.17) is 0 Å². The molecule has 0 saturated carbocycles. The molecule has 0 bridgehead atoms. The minimum atomic E-state index is -0.391. The molecule has 4 rings (SSSR count). The fraction of sp³-hybridized carbons (Fsp3) is 0.130. The molecule has 1 heterocycles. The summed E-state index contributed by atoms with van der Waals surface area (Å²) >= 11 is 1.48. The summed E-state index contributed by atoms with van der Waals surface area (Å²) in [4.78, 5) is 17.3. The fourth-order valence-electron chi connectivity index (χ4n) is 3.14. The molecule has 2 N–H and O–H groups in total. The molecule has 5 heteroatoms. The fourth-order valence-corrected chi connectivity index (χ4v) is 4.01. The monoisotopic (exact) mass is 387 g/mol. The van der Waals surface area contributed by atoms with Crippen molar-refractivity contribution in [2.75, 3.05) is 5.32 Å². The van der Waals surface area contributed by atoms with Crippen LogP contribution in [0.3, 0.4) is 0 Å². The number of fused-ring (bicyclic) bond motifs is 1. The summed E-state index contributed by atoms with van der Waals surface area (Å²) in [6, 6.07) is 27.7. The van der Waals surface area contributed by atoms with Crippen LogP contribution in [0.25, 0.3) is 10.2 Å². The first kappa shape index (κ1) is 18.3. The zero-order valence-corrected chi connectivity index (χ0v) is 16.3. The van der Waals surface area contributed by atoms with Gasteiger partial charge in [-0.1, -0.05) is 84.1 Å². The zero-order chi connectivity index (χ0) is 19.3. The topological polar surface area (TPSA) is 54.0 Å². The summed E-state index contributed by atoms with van der Waals surface area (Å²) in [6.45, 7) is 1.88. The smallest absolute Gasteiger partial charge is 0.243 e. The summed E-state index contributed by atoms with van der Waals surface area (Å²) < 4.78 is 1.06. The third kappa shape index (κ3) is 4.11. The quantitative estimate of drug-likeness (QED) is 0.489. The summed E-state index contributed by atoms with van der Waals surface area (Å²) in [5.74, 6) is -0.101. The molecule has 4 nitrogen and oxygen atoms in total. The molecule has 0 spiro atoms. The standard InChI is InChI=1S/C23H21N3OS/c1-16(22(27)26-23-25-19-14-8-9-15-20(19)28-23)24-21(17-10-4-2-5-11-17)18-12-6-3-7-13-18/h2-16,21,24H,1H3,(H,25,26,27). The second-order valence-corrected chi connectivity index (χ2v) is 7.65. The van der Waals surface area contributed by atoms with Gasteiger partial charge >= 0.3 is 0 Å². The molecule has 28 heavy (non-hydrogen) atoms. The van der Waals surface area contributed by atoms with Gasteiger partial charge in [-0.3, -0.25) is 10.1 Å². The van der Waals surface area contributed by atoms with Gasteiger partial charge in [-0.05, 0) is 30.2 Å². The van der Waals surface area contributed by atoms with Gasteiger partial charge in [-0.15, -0.1) is 0 Å². The van der Waals surface area contributed by atoms with E-state index in [-0.39, 0.29) is 11.9 Å². The van der Waals surface area contributed by atoms with E-state index < -0.39 is 6.04 Å². The number of anilines is 1. The van der Waals surface area contributed by atoms with Crippen LogP contribution in [0.4, 0.5) is 5.13 Å². The van der Waals surface area contributed by atoms with Crippen LogP contribution in [0.5, 0.6) is 0 Å². The number of carbonyl (C=O) groups excluding carboxylic acids is 1. The lowest BCUT2D eigenvalue weighted by atomic mass is 9.98. The molecular formula is C23H21N3OS. The van der Waals surface area contributed by atoms with Crippen molar-refractivity contribution in [2.45, 2.75) is 19.0 Å². The van der Waals surface area contributed by atoms with E-state index in [9.17, 15) is 4.79 Å². The number of thiazole rings is 1. The van der Waals surface area contributed by atoms with Gasteiger partial charge in [-0.25, -0.2) is 4.98 Å². The van der Waals surface area contributed by atoms with Gasteiger partial charge in [0.2, 0.25) is 5.91 Å². The Morgan fingerprint density at radius 3 is 2.04 bits per heavy atom. The normalized spacial score (nSPS) is 12.2. The number of nitrogens with zero attached hydrogens (tertiary/aromatic N) is 1. The van der Waals surface area contributed by atoms with E-state index in [2.05, 4.69) is 39.9 Å². The Morgan fingerprint density at radius 2 is 1.43 bits per heavy atom. The van der Waals surface area contributed by atoms with Crippen LogP contribution in [-0.2, 0) is 4.79 Å². The van der Waals surface area contributed by atoms with Gasteiger partial charge in [0, 0.05) is 0 Å². The number of benzene rings is 3. The van der Waals surface area contributed by atoms with Crippen molar-refractivity contribution >= 4 is 32.6 Å². The molecule has 0 fully saturated rings. The lowest BCUT2D eigenvalue weighted by Crippen LogP contribution is -2.40.